The lowest BCUT2D eigenvalue weighted by atomic mass is 9.97. The van der Waals surface area contributed by atoms with E-state index < -0.39 is 0 Å². The Labute approximate surface area is 651 Å². The quantitative estimate of drug-likeness (QED) is 0.0679. The molecule has 2 aliphatic carbocycles. The fourth-order valence-electron chi connectivity index (χ4n) is 11.0. The Morgan fingerprint density at radius 2 is 1.01 bits per heavy atom. The number of aliphatic hydroxyl groups is 1. The number of aliphatic hydroxyl groups excluding tert-OH is 1. The second kappa shape index (κ2) is 33.2. The predicted octanol–water partition coefficient (Wildman–Crippen LogP) is 15.9. The summed E-state index contributed by atoms with van der Waals surface area (Å²) < 4.78 is 14.3. The Balaban J connectivity index is 0.000000128. The van der Waals surface area contributed by atoms with Crippen LogP contribution in [0.2, 0.25) is 0 Å². The summed E-state index contributed by atoms with van der Waals surface area (Å²) in [6.07, 6.45) is 8.38. The van der Waals surface area contributed by atoms with Gasteiger partial charge in [0.1, 0.15) is 76.4 Å². The highest BCUT2D eigenvalue weighted by Gasteiger charge is 2.22. The lowest BCUT2D eigenvalue weighted by molar-refractivity contribution is 0.285. The van der Waals surface area contributed by atoms with Crippen LogP contribution < -0.4 is 51.2 Å². The molecule has 29 nitrogen and oxygen atoms in total. The maximum atomic E-state index is 9.09. The number of hydrogen-bond acceptors (Lipinski definition) is 35. The maximum absolute atomic E-state index is 9.09. The Morgan fingerprint density at radius 3 is 1.62 bits per heavy atom. The van der Waals surface area contributed by atoms with Crippen molar-refractivity contribution in [2.75, 3.05) is 52.1 Å². The van der Waals surface area contributed by atoms with Gasteiger partial charge >= 0.3 is 0 Å². The molecule has 0 aromatic carbocycles. The van der Waals surface area contributed by atoms with Gasteiger partial charge in [0.25, 0.3) is 0 Å². The minimum absolute atomic E-state index is 0. The zero-order chi connectivity index (χ0) is 74.0. The van der Waals surface area contributed by atoms with E-state index in [-0.39, 0.29) is 14.0 Å². The van der Waals surface area contributed by atoms with Gasteiger partial charge in [-0.05, 0) is 206 Å². The van der Waals surface area contributed by atoms with E-state index in [0.29, 0.717) is 115 Å². The summed E-state index contributed by atoms with van der Waals surface area (Å²) in [6, 6.07) is 1.92. The molecule has 544 valence electrons. The number of thiazole rings is 1. The van der Waals surface area contributed by atoms with Crippen LogP contribution in [0.3, 0.4) is 0 Å². The molecule has 104 heavy (non-hydrogen) atoms. The van der Waals surface area contributed by atoms with Crippen LogP contribution in [0.4, 0.5) is 45.7 Å². The molecule has 3 aliphatic rings. The van der Waals surface area contributed by atoms with Crippen molar-refractivity contribution in [3.8, 4) is 0 Å². The lowest BCUT2D eigenvalue weighted by Crippen LogP contribution is -2.21. The number of nitrogen functional groups attached to an aromatic ring is 7. The Kier molecular flexibility index (Phi) is 24.9. The third kappa shape index (κ3) is 17.3. The average molecular weight is 1640 g/mol. The van der Waals surface area contributed by atoms with E-state index >= 15 is 0 Å². The van der Waals surface area contributed by atoms with Gasteiger partial charge < -0.3 is 100 Å². The molecule has 0 unspecified atom stereocenters. The molecule has 0 fully saturated rings. The highest BCUT2D eigenvalue weighted by atomic mass is 32.1. The number of aromatic nitrogens is 16. The van der Waals surface area contributed by atoms with Gasteiger partial charge in [-0.3, -0.25) is 0 Å². The molecule has 15 aromatic heterocycles. The number of nitrogens with one attached hydrogen (secondary N) is 8. The monoisotopic (exact) mass is 1640 g/mol. The van der Waals surface area contributed by atoms with Gasteiger partial charge in [0.2, 0.25) is 16.0 Å². The number of hydrogen-bond donors (Lipinski definition) is 17. The van der Waals surface area contributed by atoms with Crippen LogP contribution in [0.1, 0.15) is 96.2 Å². The molecule has 0 atom stereocenters. The van der Waals surface area contributed by atoms with Gasteiger partial charge in [-0.25, -0.2) is 29.9 Å². The molecule has 15 aromatic rings. The first-order chi connectivity index (χ1) is 49.0. The second-order valence-electron chi connectivity index (χ2n) is 22.8. The van der Waals surface area contributed by atoms with Gasteiger partial charge in [0.15, 0.2) is 57.4 Å². The number of anilines is 8. The number of aryl methyl sites for hydroxylation is 10. The van der Waals surface area contributed by atoms with Crippen molar-refractivity contribution in [2.24, 2.45) is 10.7 Å². The van der Waals surface area contributed by atoms with Crippen molar-refractivity contribution in [3.05, 3.63) is 114 Å². The van der Waals surface area contributed by atoms with E-state index in [1.165, 1.54) is 97.4 Å². The number of nitrogens with zero attached hydrogens (tertiary/aromatic N) is 10. The molecule has 0 bridgehead atoms. The number of amidine groups is 1. The Hall–Kier alpha value is -8.63. The van der Waals surface area contributed by atoms with Crippen molar-refractivity contribution in [2.45, 2.75) is 107 Å². The number of H-pyrrole nitrogens is 7. The van der Waals surface area contributed by atoms with E-state index in [4.69, 9.17) is 145 Å². The number of rotatable bonds is 1. The number of fused-ring (bicyclic) bond motifs is 12. The first kappa shape index (κ1) is 78.0. The van der Waals surface area contributed by atoms with E-state index in [1.807, 2.05) is 39.1 Å². The molecule has 25 N–H and O–H groups in total. The number of furan rings is 1. The average Bonchev–Trinajstić information content (AvgIpc) is 1.59. The molecule has 0 amide bonds. The molecule has 16 heterocycles. The summed E-state index contributed by atoms with van der Waals surface area (Å²) in [5.74, 6) is 5.78. The predicted molar refractivity (Wildman–Crippen MR) is 447 cm³/mol. The van der Waals surface area contributed by atoms with Gasteiger partial charge in [-0.1, -0.05) is 7.43 Å². The normalized spacial score (nSPS) is 12.4. The van der Waals surface area contributed by atoms with Crippen LogP contribution in [0, 0.1) is 81.9 Å². The van der Waals surface area contributed by atoms with Crippen molar-refractivity contribution in [1.82, 2.24) is 79.7 Å². The summed E-state index contributed by atoms with van der Waals surface area (Å²) in [7, 11) is 0. The van der Waals surface area contributed by atoms with Crippen LogP contribution in [-0.4, -0.2) is 97.4 Å². The van der Waals surface area contributed by atoms with Crippen LogP contribution in [0.15, 0.2) is 25.3 Å². The fourth-order valence-corrected chi connectivity index (χ4v) is 18.9. The van der Waals surface area contributed by atoms with E-state index in [0.717, 1.165) is 101 Å². The highest BCUT2D eigenvalue weighted by molar-refractivity contribution is 7.72. The lowest BCUT2D eigenvalue weighted by Gasteiger charge is -2.11. The standard InChI is InChI=1S/C10H11N3S2.C9H9N3S2.C8H9N3OS2.C8H9N3OS.C8H11N3S.C6H6N4OS.C6H6N4S2.C6H5N3S2.CH4/c11-8-7-5-3-1-2-4-6(5)15-9(7)13-10(14)12-8;10-7-6-4-2-1-3-5(4)14-8(6)12-9(13)11-7;1-3-4(2-12)14-7-5(3)6(9)10-8(13)11-7;1-3-4(2)12-6-5(3)10-8(13)11-7(6)9;1-4-5(2)12-8-6(4)7(9)10-3-11-8;1-2-8-5-3(11-2)4(7)9-6(12)10-5;1-2-8-5-3(12-2)4(7)9-6(11)10-5;7-4-3-1-2-11-5(3)9-6(10)8-4;/h1-4H2,(H3,11,12,13,14);1-3H2,(H3,10,11,12,13);12H,2H2,1H3,(H3,9,10,11,13);1-2H3,(H3,9,10,11,13);11H,3H2,1-2H3,(H2,9,10);1H3,(H3,7,9,10,12);1H3,(H3,7,9,10,11);1-2H,(H3,7,8,9,10);1H4. The summed E-state index contributed by atoms with van der Waals surface area (Å²) >= 11 is 44.1. The number of aromatic amines is 7. The van der Waals surface area contributed by atoms with Crippen LogP contribution in [0.5, 0.6) is 0 Å². The third-order valence-corrected chi connectivity index (χ3v) is 23.8. The zero-order valence-electron chi connectivity index (χ0n) is 55.7. The molecular formula is C62H70N26O3S13. The summed E-state index contributed by atoms with van der Waals surface area (Å²) in [6.45, 7) is 14.2. The van der Waals surface area contributed by atoms with Crippen molar-refractivity contribution in [1.29, 1.82) is 0 Å². The number of nitrogens with two attached hydrogens (primary N) is 8. The number of oxazole rings is 1. The van der Waals surface area contributed by atoms with Crippen molar-refractivity contribution < 1.29 is 13.9 Å². The topological polar surface area (TPSA) is 506 Å². The van der Waals surface area contributed by atoms with Gasteiger partial charge in [0, 0.05) is 32.0 Å². The molecule has 42 heteroatoms. The minimum Gasteiger partial charge on any atom is -0.456 e. The first-order valence-corrected chi connectivity index (χ1v) is 38.7. The summed E-state index contributed by atoms with van der Waals surface area (Å²) in [5, 5.41) is 20.4. The molecule has 0 saturated heterocycles. The zero-order valence-corrected chi connectivity index (χ0v) is 66.3. The largest absolute Gasteiger partial charge is 0.456 e. The van der Waals surface area contributed by atoms with E-state index in [1.54, 1.807) is 40.9 Å². The third-order valence-electron chi connectivity index (χ3n) is 16.0. The van der Waals surface area contributed by atoms with E-state index in [2.05, 4.69) is 104 Å². The van der Waals surface area contributed by atoms with Gasteiger partial charge in [0.05, 0.1) is 44.2 Å². The second-order valence-corrected chi connectivity index (χ2v) is 32.1. The van der Waals surface area contributed by atoms with Crippen LogP contribution >= 0.6 is 154 Å². The molecule has 0 radical (unpaired) electrons. The van der Waals surface area contributed by atoms with Crippen LogP contribution in [-0.2, 0) is 32.3 Å². The molecule has 0 spiro atoms. The Bertz CT molecular complexity index is 6110. The SMILES string of the molecule is C.Cc1c(CO)sc2nc(=S)[nH]c(N)c12.Cc1nc2nc(=S)[nH]c(N)c2o1.Cc1nc2nc(=S)[nH]c(N)c2s1.Cc1oc2c(N)nc(=S)[nH]c2c1C.Cc1sc2c(c1C)C(N)=NCN2.Nc1[nH]c(=S)nc2sc3c(c12)CCC3.Nc1[nH]c(=S)nc2sc3c(c12)CCCC3.Nc1[nH]c(=S)nc2sccc12. The molecular weight excluding hydrogens is 1570 g/mol. The Morgan fingerprint density at radius 1 is 0.490 bits per heavy atom. The van der Waals surface area contributed by atoms with Crippen molar-refractivity contribution >= 4 is 279 Å². The van der Waals surface area contributed by atoms with E-state index in [9.17, 15) is 0 Å². The molecule has 0 saturated carbocycles. The molecule has 1 aliphatic heterocycles. The summed E-state index contributed by atoms with van der Waals surface area (Å²) in [5.41, 5.74) is 56.1. The van der Waals surface area contributed by atoms with Crippen molar-refractivity contribution in [3.63, 3.8) is 0 Å². The van der Waals surface area contributed by atoms with Gasteiger partial charge in [-0.2, -0.15) is 19.9 Å². The first-order valence-electron chi connectivity index (χ1n) is 30.9. The summed E-state index contributed by atoms with van der Waals surface area (Å²) in [4.78, 5) is 69.7. The fraction of sp³-hybridized carbons (Fsp3) is 0.274. The van der Waals surface area contributed by atoms with Crippen LogP contribution in [0.25, 0.3) is 73.5 Å². The highest BCUT2D eigenvalue weighted by Crippen LogP contribution is 2.40. The maximum Gasteiger partial charge on any atom is 0.213 e. The number of thiophene rings is 5. The smallest absolute Gasteiger partial charge is 0.213 e. The van der Waals surface area contributed by atoms with Gasteiger partial charge in [-0.15, -0.1) is 68.0 Å². The minimum atomic E-state index is 0. The molecule has 18 rings (SSSR count). The number of aliphatic imine (C=N–C) groups is 1.